The lowest BCUT2D eigenvalue weighted by molar-refractivity contribution is -0.123. The molecule has 2 N–H and O–H groups in total. The number of amides is 1. The number of aliphatic imine (C=N–C) groups is 1. The highest BCUT2D eigenvalue weighted by molar-refractivity contribution is 7.80. The maximum absolute atomic E-state index is 13.3. The summed E-state index contributed by atoms with van der Waals surface area (Å²) in [6.45, 7) is 1.97. The number of aryl methyl sites for hydroxylation is 1. The zero-order chi connectivity index (χ0) is 23.4. The van der Waals surface area contributed by atoms with Gasteiger partial charge in [-0.2, -0.15) is 5.01 Å². The molecule has 0 radical (unpaired) electrons. The van der Waals surface area contributed by atoms with Crippen LogP contribution in [-0.4, -0.2) is 29.0 Å². The third-order valence-electron chi connectivity index (χ3n) is 4.91. The van der Waals surface area contributed by atoms with E-state index in [1.165, 1.54) is 5.01 Å². The average Bonchev–Trinajstić information content (AvgIpc) is 3.11. The first kappa shape index (κ1) is 22.5. The molecule has 3 aromatic carbocycles. The summed E-state index contributed by atoms with van der Waals surface area (Å²) in [6.07, 6.45) is 1.66. The number of amidine groups is 1. The molecule has 0 bridgehead atoms. The lowest BCUT2D eigenvalue weighted by Crippen LogP contribution is -2.49. The van der Waals surface area contributed by atoms with Crippen molar-refractivity contribution in [2.75, 3.05) is 12.4 Å². The lowest BCUT2D eigenvalue weighted by atomic mass is 10.2. The second-order valence-electron chi connectivity index (χ2n) is 7.26. The van der Waals surface area contributed by atoms with Gasteiger partial charge < -0.3 is 10.1 Å². The van der Waals surface area contributed by atoms with Gasteiger partial charge in [-0.05, 0) is 54.5 Å². The Morgan fingerprint density at radius 2 is 1.82 bits per heavy atom. The first-order valence-electron chi connectivity index (χ1n) is 10.1. The Hall–Kier alpha value is -3.68. The number of rotatable bonds is 5. The fourth-order valence-electron chi connectivity index (χ4n) is 3.31. The molecule has 0 fully saturated rings. The largest absolute Gasteiger partial charge is 0.495 e. The Labute approximate surface area is 202 Å². The van der Waals surface area contributed by atoms with Gasteiger partial charge in [-0.1, -0.05) is 66.2 Å². The zero-order valence-electron chi connectivity index (χ0n) is 18.0. The molecule has 1 amide bonds. The monoisotopic (exact) mass is 476 g/mol. The quantitative estimate of drug-likeness (QED) is 0.392. The molecule has 3 aromatic rings. The Bertz CT molecular complexity index is 1270. The lowest BCUT2D eigenvalue weighted by Gasteiger charge is -2.22. The number of hydrazine groups is 1. The van der Waals surface area contributed by atoms with Crippen LogP contribution in [-0.2, 0) is 4.79 Å². The van der Waals surface area contributed by atoms with Crippen LogP contribution in [0, 0.1) is 6.92 Å². The molecule has 0 saturated heterocycles. The number of hydrogen-bond acceptors (Lipinski definition) is 4. The van der Waals surface area contributed by atoms with Crippen LogP contribution in [0.4, 0.5) is 5.69 Å². The van der Waals surface area contributed by atoms with Crippen LogP contribution in [0.2, 0.25) is 5.02 Å². The Kier molecular flexibility index (Phi) is 6.72. The third kappa shape index (κ3) is 5.05. The number of carbonyl (C=O) groups excluding carboxylic acids is 1. The fraction of sp³-hybridized carbons (Fsp3) is 0.0800. The van der Waals surface area contributed by atoms with E-state index in [4.69, 9.17) is 28.6 Å². The van der Waals surface area contributed by atoms with Crippen molar-refractivity contribution < 1.29 is 9.53 Å². The molecule has 1 aliphatic rings. The van der Waals surface area contributed by atoms with Crippen molar-refractivity contribution in [3.63, 3.8) is 0 Å². The molecule has 1 heterocycles. The minimum atomic E-state index is -0.353. The molecule has 0 saturated carbocycles. The van der Waals surface area contributed by atoms with Crippen LogP contribution in [0.1, 0.15) is 16.7 Å². The number of ether oxygens (including phenoxy) is 1. The van der Waals surface area contributed by atoms with Crippen molar-refractivity contribution in [2.45, 2.75) is 6.92 Å². The minimum Gasteiger partial charge on any atom is -0.495 e. The molecular weight excluding hydrogens is 456 g/mol. The van der Waals surface area contributed by atoms with Crippen molar-refractivity contribution in [2.24, 2.45) is 4.99 Å². The third-order valence-corrected chi connectivity index (χ3v) is 5.44. The van der Waals surface area contributed by atoms with Crippen molar-refractivity contribution in [3.05, 3.63) is 100 Å². The molecule has 0 spiro atoms. The van der Waals surface area contributed by atoms with E-state index in [0.29, 0.717) is 27.9 Å². The van der Waals surface area contributed by atoms with E-state index in [1.807, 2.05) is 73.7 Å². The van der Waals surface area contributed by atoms with Gasteiger partial charge in [0.1, 0.15) is 11.4 Å². The van der Waals surface area contributed by atoms with Gasteiger partial charge >= 0.3 is 0 Å². The molecule has 8 heteroatoms. The molecule has 0 aromatic heterocycles. The average molecular weight is 477 g/mol. The van der Waals surface area contributed by atoms with E-state index in [-0.39, 0.29) is 16.7 Å². The number of halogens is 1. The highest BCUT2D eigenvalue weighted by Gasteiger charge is 2.32. The van der Waals surface area contributed by atoms with Gasteiger partial charge in [0.15, 0.2) is 10.9 Å². The SMILES string of the molecule is COc1ccc(C)cc1NC(=S)NN1C(=O)/C(=C/c2ccccc2Cl)N=C1c1ccccc1. The highest BCUT2D eigenvalue weighted by atomic mass is 35.5. The van der Waals surface area contributed by atoms with Crippen molar-refractivity contribution >= 4 is 52.4 Å². The molecule has 0 atom stereocenters. The predicted molar refractivity (Wildman–Crippen MR) is 136 cm³/mol. The van der Waals surface area contributed by atoms with Gasteiger partial charge in [0.05, 0.1) is 12.8 Å². The number of thiocarbonyl (C=S) groups is 1. The van der Waals surface area contributed by atoms with E-state index in [0.717, 1.165) is 11.1 Å². The van der Waals surface area contributed by atoms with Crippen molar-refractivity contribution in [1.82, 2.24) is 10.4 Å². The summed E-state index contributed by atoms with van der Waals surface area (Å²) >= 11 is 11.8. The molecule has 0 unspecified atom stereocenters. The molecular formula is C25H21ClN4O2S. The second-order valence-corrected chi connectivity index (χ2v) is 8.08. The van der Waals surface area contributed by atoms with Gasteiger partial charge in [0.2, 0.25) is 0 Å². The Morgan fingerprint density at radius 3 is 2.55 bits per heavy atom. The molecule has 4 rings (SSSR count). The van der Waals surface area contributed by atoms with E-state index >= 15 is 0 Å². The summed E-state index contributed by atoms with van der Waals surface area (Å²) in [4.78, 5) is 17.9. The van der Waals surface area contributed by atoms with Crippen LogP contribution in [0.15, 0.2) is 83.5 Å². The highest BCUT2D eigenvalue weighted by Crippen LogP contribution is 2.26. The van der Waals surface area contributed by atoms with Crippen LogP contribution < -0.4 is 15.5 Å². The number of nitrogens with one attached hydrogen (secondary N) is 2. The van der Waals surface area contributed by atoms with Crippen LogP contribution in [0.3, 0.4) is 0 Å². The summed E-state index contributed by atoms with van der Waals surface area (Å²) in [6, 6.07) is 22.4. The predicted octanol–water partition coefficient (Wildman–Crippen LogP) is 5.19. The second kappa shape index (κ2) is 9.85. The molecule has 6 nitrogen and oxygen atoms in total. The number of benzene rings is 3. The van der Waals surface area contributed by atoms with Gasteiger partial charge in [-0.15, -0.1) is 0 Å². The first-order chi connectivity index (χ1) is 16.0. The number of nitrogens with zero attached hydrogens (tertiary/aromatic N) is 2. The molecule has 1 aliphatic heterocycles. The maximum Gasteiger partial charge on any atom is 0.297 e. The smallest absolute Gasteiger partial charge is 0.297 e. The molecule has 33 heavy (non-hydrogen) atoms. The first-order valence-corrected chi connectivity index (χ1v) is 10.9. The number of hydrogen-bond donors (Lipinski definition) is 2. The maximum atomic E-state index is 13.3. The molecule has 0 aliphatic carbocycles. The summed E-state index contributed by atoms with van der Waals surface area (Å²) < 4.78 is 5.40. The van der Waals surface area contributed by atoms with Crippen molar-refractivity contribution in [3.8, 4) is 5.75 Å². The van der Waals surface area contributed by atoms with Gasteiger partial charge in [0.25, 0.3) is 5.91 Å². The topological polar surface area (TPSA) is 66.0 Å². The van der Waals surface area contributed by atoms with E-state index < -0.39 is 0 Å². The Balaban J connectivity index is 1.64. The Morgan fingerprint density at radius 1 is 1.09 bits per heavy atom. The van der Waals surface area contributed by atoms with Crippen LogP contribution in [0.5, 0.6) is 5.75 Å². The normalized spacial score (nSPS) is 14.3. The van der Waals surface area contributed by atoms with Gasteiger partial charge in [-0.25, -0.2) is 4.99 Å². The number of methoxy groups -OCH3 is 1. The zero-order valence-corrected chi connectivity index (χ0v) is 19.6. The summed E-state index contributed by atoms with van der Waals surface area (Å²) in [7, 11) is 1.59. The standard InChI is InChI=1S/C25H21ClN4O2S/c1-16-12-13-22(32-2)20(14-16)28-25(33)29-30-23(17-8-4-3-5-9-17)27-21(24(30)31)15-18-10-6-7-11-19(18)26/h3-15H,1-2H3,(H2,28,29,33)/b21-15-. The van der Waals surface area contributed by atoms with Gasteiger partial charge in [0, 0.05) is 10.6 Å². The summed E-state index contributed by atoms with van der Waals surface area (Å²) in [5.74, 6) is 0.710. The van der Waals surface area contributed by atoms with E-state index in [1.54, 1.807) is 19.3 Å². The number of anilines is 1. The van der Waals surface area contributed by atoms with Crippen molar-refractivity contribution in [1.29, 1.82) is 0 Å². The van der Waals surface area contributed by atoms with Crippen LogP contribution >= 0.6 is 23.8 Å². The number of carbonyl (C=O) groups is 1. The van der Waals surface area contributed by atoms with Crippen LogP contribution in [0.25, 0.3) is 6.08 Å². The minimum absolute atomic E-state index is 0.217. The molecule has 166 valence electrons. The summed E-state index contributed by atoms with van der Waals surface area (Å²) in [5.41, 5.74) is 6.40. The van der Waals surface area contributed by atoms with E-state index in [9.17, 15) is 4.79 Å². The summed E-state index contributed by atoms with van der Waals surface area (Å²) in [5, 5.41) is 5.18. The fourth-order valence-corrected chi connectivity index (χ4v) is 3.70. The van der Waals surface area contributed by atoms with Gasteiger partial charge in [-0.3, -0.25) is 10.2 Å². The van der Waals surface area contributed by atoms with E-state index in [2.05, 4.69) is 15.7 Å².